The van der Waals surface area contributed by atoms with Crippen LogP contribution < -0.4 is 5.32 Å². The quantitative estimate of drug-likeness (QED) is 0.135. The van der Waals surface area contributed by atoms with Gasteiger partial charge in [-0.15, -0.1) is 0 Å². The van der Waals surface area contributed by atoms with Gasteiger partial charge in [-0.3, -0.25) is 18.9 Å². The van der Waals surface area contributed by atoms with Gasteiger partial charge in [0.1, 0.15) is 11.7 Å². The van der Waals surface area contributed by atoms with Gasteiger partial charge in [0.15, 0.2) is 11.6 Å². The van der Waals surface area contributed by atoms with Crippen LogP contribution in [-0.4, -0.2) is 40.5 Å². The lowest BCUT2D eigenvalue weighted by Crippen LogP contribution is -2.21. The number of Topliss-reactive ketones (excluding diaryl/α,β-unsaturated/α-hetero) is 2. The number of benzene rings is 4. The van der Waals surface area contributed by atoms with Crippen LogP contribution in [-0.2, 0) is 20.9 Å². The number of nitrogens with zero attached hydrogens (tertiary/aromatic N) is 1. The van der Waals surface area contributed by atoms with Gasteiger partial charge in [0, 0.05) is 33.2 Å². The summed E-state index contributed by atoms with van der Waals surface area (Å²) in [6.07, 6.45) is 0. The average Bonchev–Trinajstić information content (AvgIpc) is 3.22. The molecule has 1 aliphatic rings. The minimum Gasteiger partial charge on any atom is -0.507 e. The Hall–Kier alpha value is -4.93. The van der Waals surface area contributed by atoms with Crippen LogP contribution in [0.15, 0.2) is 77.7 Å². The van der Waals surface area contributed by atoms with Crippen LogP contribution in [0.25, 0.3) is 21.7 Å². The number of nitrogens with one attached hydrogen (secondary N) is 1. The molecule has 1 amide bonds. The van der Waals surface area contributed by atoms with E-state index in [0.29, 0.717) is 44.1 Å². The molecule has 3 N–H and O–H groups in total. The third-order valence-corrected chi connectivity index (χ3v) is 9.42. The fourth-order valence-electron chi connectivity index (χ4n) is 6.07. The Bertz CT molecular complexity index is 2260. The maximum absolute atomic E-state index is 13.7. The summed E-state index contributed by atoms with van der Waals surface area (Å²) in [7, 11) is -4.46. The molecule has 1 heterocycles. The minimum atomic E-state index is -4.46. The number of amides is 1. The maximum Gasteiger partial charge on any atom is 0.294 e. The minimum absolute atomic E-state index is 0.139. The Morgan fingerprint density at radius 3 is 1.91 bits per heavy atom. The van der Waals surface area contributed by atoms with E-state index >= 15 is 0 Å². The van der Waals surface area contributed by atoms with Gasteiger partial charge in [-0.25, -0.2) is 4.98 Å². The molecule has 1 aliphatic carbocycles. The molecule has 0 bridgehead atoms. The van der Waals surface area contributed by atoms with Crippen molar-refractivity contribution in [2.45, 2.75) is 63.2 Å². The molecule has 4 aromatic carbocycles. The summed E-state index contributed by atoms with van der Waals surface area (Å²) in [5.74, 6) is -2.38. The lowest BCUT2D eigenvalue weighted by Gasteiger charge is -2.28. The number of phenols is 1. The van der Waals surface area contributed by atoms with E-state index in [1.807, 2.05) is 47.6 Å². The Morgan fingerprint density at radius 1 is 0.766 bits per heavy atom. The molecule has 9 nitrogen and oxygen atoms in total. The molecule has 6 rings (SSSR count). The summed E-state index contributed by atoms with van der Waals surface area (Å²) in [5.41, 5.74) is 2.13. The Balaban J connectivity index is 1.38. The summed E-state index contributed by atoms with van der Waals surface area (Å²) in [5, 5.41) is 15.7. The van der Waals surface area contributed by atoms with Crippen molar-refractivity contribution < 1.29 is 32.5 Å². The number of hydrogen-bond acceptors (Lipinski definition) is 7. The van der Waals surface area contributed by atoms with E-state index < -0.39 is 44.3 Å². The van der Waals surface area contributed by atoms with E-state index in [0.717, 1.165) is 0 Å². The molecule has 47 heavy (non-hydrogen) atoms. The highest BCUT2D eigenvalue weighted by molar-refractivity contribution is 7.85. The van der Waals surface area contributed by atoms with E-state index in [4.69, 9.17) is 4.98 Å². The molecule has 0 aliphatic heterocycles. The van der Waals surface area contributed by atoms with E-state index in [1.54, 1.807) is 42.5 Å². The number of ketones is 2. The summed E-state index contributed by atoms with van der Waals surface area (Å²) >= 11 is 0. The maximum atomic E-state index is 13.7. The molecule has 0 fully saturated rings. The molecular weight excluding hydrogens is 616 g/mol. The number of fused-ring (bicyclic) bond motifs is 3. The van der Waals surface area contributed by atoms with Crippen molar-refractivity contribution in [2.24, 2.45) is 0 Å². The topological polar surface area (TPSA) is 151 Å². The molecule has 10 heteroatoms. The molecule has 1 atom stereocenters. The van der Waals surface area contributed by atoms with Gasteiger partial charge in [0.2, 0.25) is 0 Å². The zero-order valence-corrected chi connectivity index (χ0v) is 27.6. The Kier molecular flexibility index (Phi) is 7.37. The molecule has 0 saturated heterocycles. The number of rotatable bonds is 4. The van der Waals surface area contributed by atoms with E-state index in [-0.39, 0.29) is 27.5 Å². The zero-order valence-electron chi connectivity index (χ0n) is 26.8. The third-order valence-electron chi connectivity index (χ3n) is 8.58. The first-order valence-electron chi connectivity index (χ1n) is 15.1. The third kappa shape index (κ3) is 5.68. The standard InChI is InChI=1S/C37H34N2O7S/c1-36(2,3)26-17-22(18-27(34(26)42)37(4,5)6)35(43)39-29-9-7-8-19-11-13-28(38-31(19)29)30-32(40)24-15-20-10-12-23(47(44,45)46)14-21(20)16-25(24)33(30)41/h7-18,30,42H,1-6H3,(H,39,43)(H,44,45,46). The molecule has 1 unspecified atom stereocenters. The number of carbonyl (C=O) groups excluding carboxylic acids is 3. The first-order chi connectivity index (χ1) is 21.8. The van der Waals surface area contributed by atoms with Gasteiger partial charge >= 0.3 is 0 Å². The molecule has 1 aromatic heterocycles. The van der Waals surface area contributed by atoms with Gasteiger partial charge in [0.25, 0.3) is 16.0 Å². The number of anilines is 1. The van der Waals surface area contributed by atoms with Crippen molar-refractivity contribution in [3.63, 3.8) is 0 Å². The predicted octanol–water partition coefficient (Wildman–Crippen LogP) is 7.35. The number of para-hydroxylation sites is 1. The van der Waals surface area contributed by atoms with E-state index in [9.17, 15) is 32.5 Å². The highest BCUT2D eigenvalue weighted by Crippen LogP contribution is 2.41. The second kappa shape index (κ2) is 10.8. The van der Waals surface area contributed by atoms with Gasteiger partial charge in [-0.1, -0.05) is 65.8 Å². The highest BCUT2D eigenvalue weighted by Gasteiger charge is 2.41. The first kappa shape index (κ1) is 32.0. The van der Waals surface area contributed by atoms with Crippen LogP contribution in [0, 0.1) is 0 Å². The lowest BCUT2D eigenvalue weighted by atomic mass is 9.78. The van der Waals surface area contributed by atoms with Gasteiger partial charge < -0.3 is 10.4 Å². The number of aromatic hydroxyl groups is 1. The number of pyridine rings is 1. The number of carbonyl (C=O) groups is 3. The summed E-state index contributed by atoms with van der Waals surface area (Å²) in [6.45, 7) is 11.8. The predicted molar refractivity (Wildman–Crippen MR) is 180 cm³/mol. The van der Waals surface area contributed by atoms with E-state index in [2.05, 4.69) is 5.32 Å². The summed E-state index contributed by atoms with van der Waals surface area (Å²) < 4.78 is 32.8. The molecule has 0 radical (unpaired) electrons. The van der Waals surface area contributed by atoms with Gasteiger partial charge in [-0.05, 0) is 70.1 Å². The Labute approximate surface area is 272 Å². The van der Waals surface area contributed by atoms with E-state index in [1.165, 1.54) is 24.3 Å². The number of phenolic OH excluding ortho intramolecular Hbond substituents is 1. The second-order valence-corrected chi connectivity index (χ2v) is 15.5. The molecule has 0 saturated carbocycles. The first-order valence-corrected chi connectivity index (χ1v) is 16.5. The fourth-order valence-corrected chi connectivity index (χ4v) is 6.59. The van der Waals surface area contributed by atoms with Crippen molar-refractivity contribution in [2.75, 3.05) is 5.32 Å². The summed E-state index contributed by atoms with van der Waals surface area (Å²) in [4.78, 5) is 45.4. The molecule has 0 spiro atoms. The van der Waals surface area contributed by atoms with Crippen molar-refractivity contribution >= 4 is 55.0 Å². The molecular formula is C37H34N2O7S. The second-order valence-electron chi connectivity index (χ2n) is 14.0. The van der Waals surface area contributed by atoms with Crippen molar-refractivity contribution in [3.05, 3.63) is 106 Å². The van der Waals surface area contributed by atoms with Crippen molar-refractivity contribution in [1.29, 1.82) is 0 Å². The lowest BCUT2D eigenvalue weighted by molar-refractivity contribution is 0.0887. The summed E-state index contributed by atoms with van der Waals surface area (Å²) in [6, 6.07) is 19.0. The highest BCUT2D eigenvalue weighted by atomic mass is 32.2. The zero-order chi connectivity index (χ0) is 34.2. The van der Waals surface area contributed by atoms with Crippen LogP contribution in [0.2, 0.25) is 0 Å². The monoisotopic (exact) mass is 650 g/mol. The van der Waals surface area contributed by atoms with Crippen LogP contribution >= 0.6 is 0 Å². The fraction of sp³-hybridized carbons (Fsp3) is 0.243. The Morgan fingerprint density at radius 2 is 1.34 bits per heavy atom. The average molecular weight is 651 g/mol. The van der Waals surface area contributed by atoms with Crippen LogP contribution in [0.5, 0.6) is 5.75 Å². The molecule has 5 aromatic rings. The van der Waals surface area contributed by atoms with Crippen LogP contribution in [0.4, 0.5) is 5.69 Å². The number of hydrogen-bond donors (Lipinski definition) is 3. The van der Waals surface area contributed by atoms with Crippen molar-refractivity contribution in [3.8, 4) is 5.75 Å². The van der Waals surface area contributed by atoms with Crippen molar-refractivity contribution in [1.82, 2.24) is 4.98 Å². The number of aromatic nitrogens is 1. The SMILES string of the molecule is CC(C)(C)c1cc(C(=O)Nc2cccc3ccc(C4C(=O)c5cc6ccc(S(=O)(=O)O)cc6cc5C4=O)nc23)cc(C(C)(C)C)c1O. The molecule has 240 valence electrons. The largest absolute Gasteiger partial charge is 0.507 e. The smallest absolute Gasteiger partial charge is 0.294 e. The van der Waals surface area contributed by atoms with Crippen LogP contribution in [0.1, 0.15) is 95.4 Å². The van der Waals surface area contributed by atoms with Gasteiger partial charge in [-0.2, -0.15) is 8.42 Å². The van der Waals surface area contributed by atoms with Crippen LogP contribution in [0.3, 0.4) is 0 Å². The normalized spacial score (nSPS) is 15.3. The van der Waals surface area contributed by atoms with Gasteiger partial charge in [0.05, 0.1) is 21.8 Å².